The number of piperidine rings is 1. The fraction of sp³-hybridized carbons (Fsp3) is 0.500. The molecule has 0 bridgehead atoms. The number of ether oxygens (including phenoxy) is 3. The summed E-state index contributed by atoms with van der Waals surface area (Å²) in [4.78, 5) is 15.8. The summed E-state index contributed by atoms with van der Waals surface area (Å²) >= 11 is 12.7. The summed E-state index contributed by atoms with van der Waals surface area (Å²) in [7, 11) is 0. The lowest BCUT2D eigenvalue weighted by Crippen LogP contribution is -2.36. The summed E-state index contributed by atoms with van der Waals surface area (Å²) in [5, 5.41) is 4.01. The normalized spacial score (nSPS) is 19.0. The Morgan fingerprint density at radius 2 is 1.91 bits per heavy atom. The van der Waals surface area contributed by atoms with Gasteiger partial charge in [-0.25, -0.2) is 4.98 Å². The first kappa shape index (κ1) is 24.9. The lowest BCUT2D eigenvalue weighted by Gasteiger charge is -2.26. The van der Waals surface area contributed by atoms with Crippen molar-refractivity contribution >= 4 is 29.2 Å². The van der Waals surface area contributed by atoms with E-state index in [1.54, 1.807) is 24.5 Å². The molecule has 1 aliphatic heterocycles. The predicted octanol–water partition coefficient (Wildman–Crippen LogP) is 5.02. The van der Waals surface area contributed by atoms with Crippen molar-refractivity contribution in [3.63, 3.8) is 0 Å². The molecule has 2 fully saturated rings. The lowest BCUT2D eigenvalue weighted by molar-refractivity contribution is -0.377. The molecule has 1 aromatic heterocycles. The zero-order valence-electron chi connectivity index (χ0n) is 18.5. The van der Waals surface area contributed by atoms with Crippen LogP contribution in [0, 0.1) is 11.8 Å². The van der Waals surface area contributed by atoms with Gasteiger partial charge in [-0.15, -0.1) is 0 Å². The molecule has 34 heavy (non-hydrogen) atoms. The second kappa shape index (κ2) is 11.5. The van der Waals surface area contributed by atoms with Crippen LogP contribution in [0.3, 0.4) is 0 Å². The molecule has 1 aromatic carbocycles. The van der Waals surface area contributed by atoms with Gasteiger partial charge < -0.3 is 19.5 Å². The van der Waals surface area contributed by atoms with Crippen LogP contribution < -0.4 is 19.8 Å². The van der Waals surface area contributed by atoms with E-state index in [2.05, 4.69) is 15.0 Å². The average molecular weight is 516 g/mol. The molecule has 1 aliphatic carbocycles. The van der Waals surface area contributed by atoms with Gasteiger partial charge in [0.2, 0.25) is 0 Å². The van der Waals surface area contributed by atoms with E-state index < -0.39 is 12.7 Å². The van der Waals surface area contributed by atoms with Gasteiger partial charge in [0.15, 0.2) is 23.9 Å². The van der Waals surface area contributed by atoms with Crippen molar-refractivity contribution in [2.24, 2.45) is 11.8 Å². The van der Waals surface area contributed by atoms with E-state index in [0.717, 1.165) is 32.2 Å². The Kier molecular flexibility index (Phi) is 8.45. The highest BCUT2D eigenvalue weighted by molar-refractivity contribution is 6.35. The summed E-state index contributed by atoms with van der Waals surface area (Å²) in [6.07, 6.45) is 6.34. The van der Waals surface area contributed by atoms with Crippen LogP contribution in [0.15, 0.2) is 30.6 Å². The van der Waals surface area contributed by atoms with Crippen LogP contribution in [0.1, 0.15) is 42.9 Å². The molecule has 4 rings (SSSR count). The highest BCUT2D eigenvalue weighted by Gasteiger charge is 2.29. The Hall–Kier alpha value is -2.16. The first-order valence-electron chi connectivity index (χ1n) is 11.4. The molecule has 2 aliphatic rings. The number of nitrogens with one attached hydrogen (secondary N) is 2. The zero-order chi connectivity index (χ0) is 24.1. The predicted molar refractivity (Wildman–Crippen MR) is 122 cm³/mol. The van der Waals surface area contributed by atoms with Gasteiger partial charge in [0.25, 0.3) is 0 Å². The minimum Gasteiger partial charge on any atom is -0.489 e. The third-order valence-electron chi connectivity index (χ3n) is 6.00. The molecule has 0 spiro atoms. The van der Waals surface area contributed by atoms with Crippen molar-refractivity contribution in [3.8, 4) is 11.5 Å². The molecule has 2 aromatic rings. The molecule has 6 nitrogen and oxygen atoms in total. The molecule has 0 unspecified atom stereocenters. The van der Waals surface area contributed by atoms with Gasteiger partial charge in [0.05, 0.1) is 12.5 Å². The first-order valence-corrected chi connectivity index (χ1v) is 12.1. The number of pyridine rings is 1. The Labute approximate surface area is 206 Å². The number of hydrogen-bond donors (Lipinski definition) is 1. The molecule has 2 N–H and O–H groups in total. The van der Waals surface area contributed by atoms with Gasteiger partial charge in [-0.2, -0.15) is 8.78 Å². The van der Waals surface area contributed by atoms with E-state index in [1.165, 1.54) is 6.07 Å². The van der Waals surface area contributed by atoms with Gasteiger partial charge in [-0.3, -0.25) is 4.79 Å². The number of alkyl halides is 2. The third kappa shape index (κ3) is 6.71. The fourth-order valence-corrected chi connectivity index (χ4v) is 4.43. The van der Waals surface area contributed by atoms with Gasteiger partial charge in [-0.1, -0.05) is 29.3 Å². The van der Waals surface area contributed by atoms with Crippen molar-refractivity contribution in [2.45, 2.75) is 44.8 Å². The number of rotatable bonds is 10. The van der Waals surface area contributed by atoms with Gasteiger partial charge >= 0.3 is 12.6 Å². The van der Waals surface area contributed by atoms with Crippen LogP contribution in [-0.2, 0) is 16.0 Å². The topological polar surface area (TPSA) is 70.9 Å². The maximum Gasteiger partial charge on any atom is 0.387 e. The Morgan fingerprint density at radius 1 is 1.15 bits per heavy atom. The van der Waals surface area contributed by atoms with Crippen LogP contribution >= 0.6 is 23.2 Å². The molecule has 184 valence electrons. The molecule has 10 heteroatoms. The number of aromatic nitrogens is 1. The maximum absolute atomic E-state index is 13.0. The third-order valence-corrected chi connectivity index (χ3v) is 6.68. The summed E-state index contributed by atoms with van der Waals surface area (Å²) in [6, 6.07) is 4.60. The number of benzene rings is 1. The summed E-state index contributed by atoms with van der Waals surface area (Å²) in [5.74, 6) is -0.0673. The van der Waals surface area contributed by atoms with Crippen molar-refractivity contribution in [2.75, 3.05) is 19.7 Å². The number of halogens is 4. The quantitative estimate of drug-likeness (QED) is 0.449. The summed E-state index contributed by atoms with van der Waals surface area (Å²) in [6.45, 7) is -1.16. The number of hydrogen-bond acceptors (Lipinski definition) is 5. The smallest absolute Gasteiger partial charge is 0.387 e. The maximum atomic E-state index is 13.0. The van der Waals surface area contributed by atoms with E-state index in [-0.39, 0.29) is 29.8 Å². The fourth-order valence-electron chi connectivity index (χ4n) is 3.90. The SMILES string of the molecule is O=C(O[C@@H](Cc1c(Cl)c[nH+]cc1Cl)c1ccc(OC(F)F)c(OCC2CC2)c1)[C@@H]1CCCNC1. The first-order chi connectivity index (χ1) is 16.4. The van der Waals surface area contributed by atoms with Gasteiger partial charge in [0, 0.05) is 18.5 Å². The van der Waals surface area contributed by atoms with Gasteiger partial charge in [0.1, 0.15) is 16.1 Å². The Balaban J connectivity index is 1.63. The van der Waals surface area contributed by atoms with E-state index in [1.807, 2.05) is 0 Å². The second-order valence-electron chi connectivity index (χ2n) is 8.64. The summed E-state index contributed by atoms with van der Waals surface area (Å²) < 4.78 is 42.3. The molecule has 1 saturated carbocycles. The Morgan fingerprint density at radius 3 is 2.56 bits per heavy atom. The molecule has 0 amide bonds. The van der Waals surface area contributed by atoms with Crippen LogP contribution in [0.4, 0.5) is 8.78 Å². The molecular weight excluding hydrogens is 489 g/mol. The monoisotopic (exact) mass is 515 g/mol. The summed E-state index contributed by atoms with van der Waals surface area (Å²) in [5.41, 5.74) is 1.18. The average Bonchev–Trinajstić information content (AvgIpc) is 3.65. The highest BCUT2D eigenvalue weighted by atomic mass is 35.5. The van der Waals surface area contributed by atoms with Crippen LogP contribution in [0.5, 0.6) is 11.5 Å². The highest BCUT2D eigenvalue weighted by Crippen LogP contribution is 2.38. The lowest BCUT2D eigenvalue weighted by atomic mass is 9.98. The largest absolute Gasteiger partial charge is 0.489 e. The minimum atomic E-state index is -2.99. The van der Waals surface area contributed by atoms with Crippen molar-refractivity contribution < 1.29 is 32.8 Å². The van der Waals surface area contributed by atoms with Crippen molar-refractivity contribution in [1.82, 2.24) is 5.32 Å². The zero-order valence-corrected chi connectivity index (χ0v) is 20.0. The molecule has 2 atom stereocenters. The van der Waals surface area contributed by atoms with E-state index in [4.69, 9.17) is 32.7 Å². The molecular formula is C24H27Cl2F2N2O4+. The van der Waals surface area contributed by atoms with Crippen molar-refractivity contribution in [3.05, 3.63) is 51.8 Å². The number of carbonyl (C=O) groups is 1. The van der Waals surface area contributed by atoms with Crippen LogP contribution in [0.25, 0.3) is 0 Å². The van der Waals surface area contributed by atoms with Crippen molar-refractivity contribution in [1.29, 1.82) is 0 Å². The molecule has 2 heterocycles. The number of H-pyrrole nitrogens is 1. The number of aromatic amines is 1. The second-order valence-corrected chi connectivity index (χ2v) is 9.46. The van der Waals surface area contributed by atoms with Crippen LogP contribution in [-0.4, -0.2) is 32.3 Å². The van der Waals surface area contributed by atoms with Crippen LogP contribution in [0.2, 0.25) is 10.0 Å². The van der Waals surface area contributed by atoms with Gasteiger partial charge in [-0.05, 0) is 55.8 Å². The number of esters is 1. The Bertz CT molecular complexity index is 981. The molecule has 1 saturated heterocycles. The number of carbonyl (C=O) groups excluding carboxylic acids is 1. The van der Waals surface area contributed by atoms with E-state index in [0.29, 0.717) is 40.2 Å². The van der Waals surface area contributed by atoms with E-state index >= 15 is 0 Å². The standard InChI is InChI=1S/C24H26Cl2F2N2O4/c25-18-11-30-12-19(26)17(18)9-21(33-23(31)16-2-1-7-29-10-16)15-5-6-20(34-24(27)28)22(8-15)32-13-14-3-4-14/h5-6,8,11-12,14,16,21,24,29H,1-4,7,9-10,13H2/p+1/t16-,21+/m1/s1. The van der Waals surface area contributed by atoms with E-state index in [9.17, 15) is 13.6 Å². The molecule has 0 radical (unpaired) electrons. The minimum absolute atomic E-state index is 0.0636.